The molecule has 21 heavy (non-hydrogen) atoms. The molecule has 0 aliphatic heterocycles. The Labute approximate surface area is 124 Å². The van der Waals surface area contributed by atoms with Crippen molar-refractivity contribution in [2.24, 2.45) is 0 Å². The van der Waals surface area contributed by atoms with Crippen LogP contribution < -0.4 is 4.74 Å². The quantitative estimate of drug-likeness (QED) is 0.751. The molecular formula is C15H9ClF3NO. The zero-order valence-electron chi connectivity index (χ0n) is 10.8. The van der Waals surface area contributed by atoms with Gasteiger partial charge in [-0.05, 0) is 42.8 Å². The Balaban J connectivity index is 2.41. The first-order valence-electron chi connectivity index (χ1n) is 5.86. The largest absolute Gasteiger partial charge is 0.454 e. The number of alkyl halides is 3. The predicted molar refractivity (Wildman–Crippen MR) is 72.4 cm³/mol. The average Bonchev–Trinajstić information content (AvgIpc) is 2.42. The minimum Gasteiger partial charge on any atom is -0.454 e. The number of nitrogens with zero attached hydrogens (tertiary/aromatic N) is 1. The van der Waals surface area contributed by atoms with Crippen molar-refractivity contribution < 1.29 is 17.9 Å². The molecule has 0 spiro atoms. The van der Waals surface area contributed by atoms with Crippen molar-refractivity contribution in [1.29, 1.82) is 5.26 Å². The summed E-state index contributed by atoms with van der Waals surface area (Å²) in [6, 6.07) is 9.44. The van der Waals surface area contributed by atoms with E-state index < -0.39 is 11.7 Å². The summed E-state index contributed by atoms with van der Waals surface area (Å²) in [5.74, 6) is 0.311. The van der Waals surface area contributed by atoms with E-state index in [1.807, 2.05) is 6.92 Å². The molecule has 0 unspecified atom stereocenters. The first-order valence-corrected chi connectivity index (χ1v) is 6.24. The third-order valence-corrected chi connectivity index (χ3v) is 3.05. The number of nitriles is 1. The van der Waals surface area contributed by atoms with E-state index in [2.05, 4.69) is 0 Å². The number of rotatable bonds is 2. The van der Waals surface area contributed by atoms with Crippen molar-refractivity contribution in [3.05, 3.63) is 58.1 Å². The first-order chi connectivity index (χ1) is 9.81. The van der Waals surface area contributed by atoms with E-state index in [9.17, 15) is 13.2 Å². The topological polar surface area (TPSA) is 33.0 Å². The Morgan fingerprint density at radius 2 is 1.81 bits per heavy atom. The van der Waals surface area contributed by atoms with E-state index >= 15 is 0 Å². The summed E-state index contributed by atoms with van der Waals surface area (Å²) in [4.78, 5) is 0. The Morgan fingerprint density at radius 3 is 2.43 bits per heavy atom. The van der Waals surface area contributed by atoms with Crippen molar-refractivity contribution in [1.82, 2.24) is 0 Å². The van der Waals surface area contributed by atoms with Crippen molar-refractivity contribution in [3.8, 4) is 17.6 Å². The SMILES string of the molecule is Cc1ccc(Cl)c(Oc2ccc(C(F)(F)F)cc2C#N)c1. The molecule has 0 saturated heterocycles. The van der Waals surface area contributed by atoms with Crippen LogP contribution in [0.25, 0.3) is 0 Å². The minimum atomic E-state index is -4.51. The van der Waals surface area contributed by atoms with Crippen molar-refractivity contribution in [2.75, 3.05) is 0 Å². The Kier molecular flexibility index (Phi) is 4.10. The molecule has 0 atom stereocenters. The molecule has 0 aliphatic rings. The highest BCUT2D eigenvalue weighted by atomic mass is 35.5. The standard InChI is InChI=1S/C15H9ClF3NO/c1-9-2-4-12(16)14(6-9)21-13-5-3-11(15(17,18)19)7-10(13)8-20/h2-7H,1H3. The molecule has 108 valence electrons. The maximum absolute atomic E-state index is 12.6. The summed E-state index contributed by atoms with van der Waals surface area (Å²) in [7, 11) is 0. The first kappa shape index (κ1) is 15.2. The second-order valence-corrected chi connectivity index (χ2v) is 4.76. The second-order valence-electron chi connectivity index (χ2n) is 4.36. The van der Waals surface area contributed by atoms with Crippen molar-refractivity contribution in [3.63, 3.8) is 0 Å². The number of hydrogen-bond donors (Lipinski definition) is 0. The molecule has 0 fully saturated rings. The summed E-state index contributed by atoms with van der Waals surface area (Å²) in [5, 5.41) is 9.29. The smallest absolute Gasteiger partial charge is 0.416 e. The maximum Gasteiger partial charge on any atom is 0.416 e. The summed E-state index contributed by atoms with van der Waals surface area (Å²) < 4.78 is 43.3. The third-order valence-electron chi connectivity index (χ3n) is 2.73. The fourth-order valence-electron chi connectivity index (χ4n) is 1.69. The van der Waals surface area contributed by atoms with Gasteiger partial charge in [0.2, 0.25) is 0 Å². The van der Waals surface area contributed by atoms with E-state index in [-0.39, 0.29) is 17.1 Å². The van der Waals surface area contributed by atoms with Crippen LogP contribution in [-0.2, 0) is 6.18 Å². The summed E-state index contributed by atoms with van der Waals surface area (Å²) in [6.45, 7) is 1.82. The van der Waals surface area contributed by atoms with Gasteiger partial charge in [0.1, 0.15) is 17.6 Å². The van der Waals surface area contributed by atoms with E-state index in [0.717, 1.165) is 23.8 Å². The van der Waals surface area contributed by atoms with Gasteiger partial charge in [-0.25, -0.2) is 0 Å². The maximum atomic E-state index is 12.6. The number of halogens is 4. The molecule has 6 heteroatoms. The van der Waals surface area contributed by atoms with Crippen LogP contribution in [0.3, 0.4) is 0 Å². The molecule has 0 heterocycles. The highest BCUT2D eigenvalue weighted by molar-refractivity contribution is 6.32. The van der Waals surface area contributed by atoms with Gasteiger partial charge >= 0.3 is 6.18 Å². The Hall–Kier alpha value is -2.19. The van der Waals surface area contributed by atoms with E-state index in [1.54, 1.807) is 24.3 Å². The van der Waals surface area contributed by atoms with Crippen LogP contribution in [0.2, 0.25) is 5.02 Å². The molecule has 0 aromatic heterocycles. The van der Waals surface area contributed by atoms with Gasteiger partial charge < -0.3 is 4.74 Å². The van der Waals surface area contributed by atoms with Crippen LogP contribution in [0.5, 0.6) is 11.5 Å². The van der Waals surface area contributed by atoms with E-state index in [0.29, 0.717) is 5.02 Å². The fraction of sp³-hybridized carbons (Fsp3) is 0.133. The predicted octanol–water partition coefficient (Wildman–Crippen LogP) is 5.33. The van der Waals surface area contributed by atoms with Crippen LogP contribution >= 0.6 is 11.6 Å². The van der Waals surface area contributed by atoms with Gasteiger partial charge in [-0.15, -0.1) is 0 Å². The molecule has 0 aliphatic carbocycles. The van der Waals surface area contributed by atoms with E-state index in [4.69, 9.17) is 21.6 Å². The highest BCUT2D eigenvalue weighted by Gasteiger charge is 2.31. The van der Waals surface area contributed by atoms with Gasteiger partial charge in [-0.1, -0.05) is 17.7 Å². The lowest BCUT2D eigenvalue weighted by Gasteiger charge is -2.12. The van der Waals surface area contributed by atoms with Gasteiger partial charge in [0, 0.05) is 0 Å². The highest BCUT2D eigenvalue weighted by Crippen LogP contribution is 2.35. The monoisotopic (exact) mass is 311 g/mol. The third kappa shape index (κ3) is 3.47. The molecule has 0 bridgehead atoms. The molecule has 2 aromatic carbocycles. The normalized spacial score (nSPS) is 11.0. The molecule has 0 N–H and O–H groups in total. The summed E-state index contributed by atoms with van der Waals surface area (Å²) >= 11 is 5.96. The Bertz CT molecular complexity index is 720. The minimum absolute atomic E-state index is 0.0259. The lowest BCUT2D eigenvalue weighted by atomic mass is 10.1. The van der Waals surface area contributed by atoms with Gasteiger partial charge in [0.05, 0.1) is 16.1 Å². The van der Waals surface area contributed by atoms with Gasteiger partial charge in [-0.3, -0.25) is 0 Å². The van der Waals surface area contributed by atoms with Gasteiger partial charge in [-0.2, -0.15) is 18.4 Å². The van der Waals surface area contributed by atoms with Crippen molar-refractivity contribution >= 4 is 11.6 Å². The number of ether oxygens (including phenoxy) is 1. The van der Waals surface area contributed by atoms with Gasteiger partial charge in [0.15, 0.2) is 0 Å². The number of benzene rings is 2. The summed E-state index contributed by atoms with van der Waals surface area (Å²) in [5.41, 5.74) is -0.232. The number of hydrogen-bond acceptors (Lipinski definition) is 2. The molecule has 0 radical (unpaired) electrons. The molecule has 2 aromatic rings. The zero-order chi connectivity index (χ0) is 15.6. The average molecular weight is 312 g/mol. The number of aryl methyl sites for hydroxylation is 1. The zero-order valence-corrected chi connectivity index (χ0v) is 11.6. The molecule has 2 nitrogen and oxygen atoms in total. The molecular weight excluding hydrogens is 303 g/mol. The van der Waals surface area contributed by atoms with Gasteiger partial charge in [0.25, 0.3) is 0 Å². The lowest BCUT2D eigenvalue weighted by Crippen LogP contribution is -2.05. The second kappa shape index (κ2) is 5.66. The van der Waals surface area contributed by atoms with Crippen LogP contribution in [0.4, 0.5) is 13.2 Å². The Morgan fingerprint density at radius 1 is 1.10 bits per heavy atom. The molecule has 2 rings (SSSR count). The summed E-state index contributed by atoms with van der Waals surface area (Å²) in [6.07, 6.45) is -4.51. The molecule has 0 saturated carbocycles. The van der Waals surface area contributed by atoms with Crippen LogP contribution in [0.1, 0.15) is 16.7 Å². The fourth-order valence-corrected chi connectivity index (χ4v) is 1.85. The van der Waals surface area contributed by atoms with Crippen LogP contribution in [-0.4, -0.2) is 0 Å². The van der Waals surface area contributed by atoms with E-state index in [1.165, 1.54) is 0 Å². The van der Waals surface area contributed by atoms with Crippen LogP contribution in [0, 0.1) is 18.3 Å². The molecule has 0 amide bonds. The van der Waals surface area contributed by atoms with Crippen LogP contribution in [0.15, 0.2) is 36.4 Å². The van der Waals surface area contributed by atoms with Crippen molar-refractivity contribution in [2.45, 2.75) is 13.1 Å². The lowest BCUT2D eigenvalue weighted by molar-refractivity contribution is -0.137.